The number of nitrogens with two attached hydrogens (primary N) is 1. The van der Waals surface area contributed by atoms with Crippen LogP contribution in [0.15, 0.2) is 18.2 Å². The lowest BCUT2D eigenvalue weighted by molar-refractivity contribution is 0.0410. The summed E-state index contributed by atoms with van der Waals surface area (Å²) in [5.41, 5.74) is 6.53. The Balaban J connectivity index is 1.88. The molecular formula is C14H18ClNO2. The molecule has 2 N–H and O–H groups in total. The van der Waals surface area contributed by atoms with E-state index in [0.717, 1.165) is 12.8 Å². The lowest BCUT2D eigenvalue weighted by Gasteiger charge is -2.21. The maximum absolute atomic E-state index is 11.8. The van der Waals surface area contributed by atoms with Crippen LogP contribution in [0.3, 0.4) is 0 Å². The second kappa shape index (κ2) is 6.10. The summed E-state index contributed by atoms with van der Waals surface area (Å²) in [4.78, 5) is 11.8. The van der Waals surface area contributed by atoms with Gasteiger partial charge in [-0.15, -0.1) is 0 Å². The second-order valence-electron chi connectivity index (χ2n) is 4.84. The van der Waals surface area contributed by atoms with Crippen LogP contribution in [0.4, 0.5) is 5.69 Å². The summed E-state index contributed by atoms with van der Waals surface area (Å²) in [7, 11) is 0. The summed E-state index contributed by atoms with van der Waals surface area (Å²) in [6.07, 6.45) is 6.12. The molecule has 0 amide bonds. The molecule has 0 saturated heterocycles. The Kier molecular flexibility index (Phi) is 4.48. The summed E-state index contributed by atoms with van der Waals surface area (Å²) < 4.78 is 5.32. The number of carbonyl (C=O) groups excluding carboxylic acids is 1. The first-order chi connectivity index (χ1) is 8.66. The zero-order valence-corrected chi connectivity index (χ0v) is 11.1. The van der Waals surface area contributed by atoms with Crippen molar-refractivity contribution < 1.29 is 9.53 Å². The molecule has 98 valence electrons. The highest BCUT2D eigenvalue weighted by Crippen LogP contribution is 2.24. The fourth-order valence-electron chi connectivity index (χ4n) is 2.30. The van der Waals surface area contributed by atoms with E-state index in [1.807, 2.05) is 0 Å². The number of anilines is 1. The second-order valence-corrected chi connectivity index (χ2v) is 5.25. The summed E-state index contributed by atoms with van der Waals surface area (Å²) in [5.74, 6) is 0.205. The average molecular weight is 268 g/mol. The van der Waals surface area contributed by atoms with Gasteiger partial charge in [-0.05, 0) is 37.0 Å². The summed E-state index contributed by atoms with van der Waals surface area (Å²) in [6, 6.07) is 4.82. The molecule has 3 nitrogen and oxygen atoms in total. The molecule has 2 rings (SSSR count). The zero-order valence-electron chi connectivity index (χ0n) is 10.3. The lowest BCUT2D eigenvalue weighted by Crippen LogP contribution is -2.16. The van der Waals surface area contributed by atoms with Gasteiger partial charge in [0.05, 0.1) is 22.9 Å². The van der Waals surface area contributed by atoms with Gasteiger partial charge in [0, 0.05) is 0 Å². The van der Waals surface area contributed by atoms with Crippen LogP contribution in [0.2, 0.25) is 5.02 Å². The van der Waals surface area contributed by atoms with Crippen LogP contribution < -0.4 is 5.73 Å². The van der Waals surface area contributed by atoms with E-state index >= 15 is 0 Å². The Hall–Kier alpha value is -1.22. The normalized spacial score (nSPS) is 16.5. The summed E-state index contributed by atoms with van der Waals surface area (Å²) in [5, 5.41) is 0.457. The van der Waals surface area contributed by atoms with Crippen molar-refractivity contribution in [2.45, 2.75) is 32.1 Å². The Morgan fingerprint density at radius 2 is 2.06 bits per heavy atom. The SMILES string of the molecule is Nc1cc(C(=O)OCC2CCCCC2)ccc1Cl. The first kappa shape index (κ1) is 13.2. The molecule has 0 unspecified atom stereocenters. The highest BCUT2D eigenvalue weighted by atomic mass is 35.5. The molecule has 1 aliphatic carbocycles. The largest absolute Gasteiger partial charge is 0.462 e. The first-order valence-corrected chi connectivity index (χ1v) is 6.77. The van der Waals surface area contributed by atoms with E-state index in [1.54, 1.807) is 18.2 Å². The van der Waals surface area contributed by atoms with Crippen molar-refractivity contribution in [1.29, 1.82) is 0 Å². The van der Waals surface area contributed by atoms with Crippen molar-refractivity contribution in [3.8, 4) is 0 Å². The molecular weight excluding hydrogens is 250 g/mol. The molecule has 0 radical (unpaired) electrons. The summed E-state index contributed by atoms with van der Waals surface area (Å²) >= 11 is 5.81. The van der Waals surface area contributed by atoms with Crippen molar-refractivity contribution >= 4 is 23.3 Å². The molecule has 1 aromatic carbocycles. The van der Waals surface area contributed by atoms with Crippen molar-refractivity contribution in [2.24, 2.45) is 5.92 Å². The zero-order chi connectivity index (χ0) is 13.0. The van der Waals surface area contributed by atoms with Crippen molar-refractivity contribution in [1.82, 2.24) is 0 Å². The van der Waals surface area contributed by atoms with Gasteiger partial charge < -0.3 is 10.5 Å². The van der Waals surface area contributed by atoms with Gasteiger partial charge in [-0.1, -0.05) is 30.9 Å². The van der Waals surface area contributed by atoms with Crippen molar-refractivity contribution in [3.05, 3.63) is 28.8 Å². The van der Waals surface area contributed by atoms with Crippen LogP contribution in [-0.2, 0) is 4.74 Å². The van der Waals surface area contributed by atoms with E-state index in [4.69, 9.17) is 22.1 Å². The minimum atomic E-state index is -0.316. The lowest BCUT2D eigenvalue weighted by atomic mass is 9.90. The molecule has 0 bridgehead atoms. The van der Waals surface area contributed by atoms with Gasteiger partial charge in [-0.2, -0.15) is 0 Å². The van der Waals surface area contributed by atoms with Gasteiger partial charge >= 0.3 is 5.97 Å². The Morgan fingerprint density at radius 1 is 1.33 bits per heavy atom. The highest BCUT2D eigenvalue weighted by molar-refractivity contribution is 6.33. The number of hydrogen-bond acceptors (Lipinski definition) is 3. The first-order valence-electron chi connectivity index (χ1n) is 6.39. The number of esters is 1. The van der Waals surface area contributed by atoms with E-state index in [9.17, 15) is 4.79 Å². The Bertz CT molecular complexity index is 428. The molecule has 4 heteroatoms. The molecule has 0 spiro atoms. The number of rotatable bonds is 3. The molecule has 1 fully saturated rings. The monoisotopic (exact) mass is 267 g/mol. The topological polar surface area (TPSA) is 52.3 Å². The van der Waals surface area contributed by atoms with Gasteiger partial charge in [0.25, 0.3) is 0 Å². The predicted octanol–water partition coefficient (Wildman–Crippen LogP) is 3.66. The molecule has 1 saturated carbocycles. The number of nitrogen functional groups attached to an aromatic ring is 1. The number of halogens is 1. The Labute approximate surface area is 112 Å². The maximum Gasteiger partial charge on any atom is 0.338 e. The van der Waals surface area contributed by atoms with Crippen molar-refractivity contribution in [2.75, 3.05) is 12.3 Å². The molecule has 0 heterocycles. The van der Waals surface area contributed by atoms with Crippen LogP contribution in [0, 0.1) is 5.92 Å². The average Bonchev–Trinajstić information content (AvgIpc) is 2.40. The molecule has 0 aromatic heterocycles. The maximum atomic E-state index is 11.8. The third-order valence-corrected chi connectivity index (χ3v) is 3.75. The van der Waals surface area contributed by atoms with E-state index < -0.39 is 0 Å². The Morgan fingerprint density at radius 3 is 2.72 bits per heavy atom. The van der Waals surface area contributed by atoms with Gasteiger partial charge in [0.2, 0.25) is 0 Å². The molecule has 1 aliphatic rings. The standard InChI is InChI=1S/C14H18ClNO2/c15-12-7-6-11(8-13(12)16)14(17)18-9-10-4-2-1-3-5-10/h6-8,10H,1-5,9,16H2. The van der Waals surface area contributed by atoms with Crippen LogP contribution in [-0.4, -0.2) is 12.6 Å². The van der Waals surface area contributed by atoms with E-state index in [2.05, 4.69) is 0 Å². The number of hydrogen-bond donors (Lipinski definition) is 1. The highest BCUT2D eigenvalue weighted by Gasteiger charge is 2.16. The van der Waals surface area contributed by atoms with Gasteiger partial charge in [0.15, 0.2) is 0 Å². The van der Waals surface area contributed by atoms with Crippen molar-refractivity contribution in [3.63, 3.8) is 0 Å². The molecule has 18 heavy (non-hydrogen) atoms. The number of carbonyl (C=O) groups is 1. The number of benzene rings is 1. The third kappa shape index (κ3) is 3.39. The predicted molar refractivity (Wildman–Crippen MR) is 72.7 cm³/mol. The van der Waals surface area contributed by atoms with E-state index in [0.29, 0.717) is 28.8 Å². The number of ether oxygens (including phenoxy) is 1. The minimum absolute atomic E-state index is 0.316. The van der Waals surface area contributed by atoms with Crippen LogP contribution in [0.5, 0.6) is 0 Å². The fourth-order valence-corrected chi connectivity index (χ4v) is 2.42. The van der Waals surface area contributed by atoms with E-state index in [1.165, 1.54) is 19.3 Å². The van der Waals surface area contributed by atoms with Gasteiger partial charge in [-0.25, -0.2) is 4.79 Å². The molecule has 0 aliphatic heterocycles. The fraction of sp³-hybridized carbons (Fsp3) is 0.500. The minimum Gasteiger partial charge on any atom is -0.462 e. The van der Waals surface area contributed by atoms with E-state index in [-0.39, 0.29) is 5.97 Å². The van der Waals surface area contributed by atoms with Crippen LogP contribution in [0.1, 0.15) is 42.5 Å². The third-order valence-electron chi connectivity index (χ3n) is 3.41. The van der Waals surface area contributed by atoms with Gasteiger partial charge in [0.1, 0.15) is 0 Å². The molecule has 0 atom stereocenters. The van der Waals surface area contributed by atoms with Gasteiger partial charge in [-0.3, -0.25) is 0 Å². The molecule has 1 aromatic rings. The smallest absolute Gasteiger partial charge is 0.338 e. The summed E-state index contributed by atoms with van der Waals surface area (Å²) in [6.45, 7) is 0.515. The van der Waals surface area contributed by atoms with Crippen LogP contribution in [0.25, 0.3) is 0 Å². The van der Waals surface area contributed by atoms with Crippen LogP contribution >= 0.6 is 11.6 Å². The quantitative estimate of drug-likeness (QED) is 0.672.